The highest BCUT2D eigenvalue weighted by Gasteiger charge is 2.14. The third-order valence-electron chi connectivity index (χ3n) is 5.04. The van der Waals surface area contributed by atoms with Crippen molar-refractivity contribution in [1.82, 2.24) is 24.5 Å². The van der Waals surface area contributed by atoms with Gasteiger partial charge in [0.05, 0.1) is 25.5 Å². The molecule has 0 bridgehead atoms. The van der Waals surface area contributed by atoms with Crippen LogP contribution in [0.5, 0.6) is 0 Å². The van der Waals surface area contributed by atoms with Crippen molar-refractivity contribution in [2.75, 3.05) is 12.4 Å². The fourth-order valence-electron chi connectivity index (χ4n) is 3.38. The number of carbonyl (C=O) groups excluding carboxylic acids is 2. The van der Waals surface area contributed by atoms with E-state index < -0.39 is 5.97 Å². The van der Waals surface area contributed by atoms with E-state index in [1.165, 1.54) is 36.3 Å². The second-order valence-corrected chi connectivity index (χ2v) is 7.33. The van der Waals surface area contributed by atoms with E-state index >= 15 is 0 Å². The topological polar surface area (TPSA) is 104 Å². The van der Waals surface area contributed by atoms with Crippen molar-refractivity contribution in [1.29, 1.82) is 0 Å². The third-order valence-corrected chi connectivity index (χ3v) is 5.04. The number of methoxy groups -OCH3 is 1. The summed E-state index contributed by atoms with van der Waals surface area (Å²) in [6, 6.07) is 13.2. The smallest absolute Gasteiger partial charge is 0.375 e. The number of anilines is 1. The first-order chi connectivity index (χ1) is 16.4. The standard InChI is InChI=1S/C24H21FN6O3/c1-30-22(17-5-8-19(25)9-6-17)18(13-27-30)7-12-21(32)29-20-10-3-16(4-11-20)14-31-23(24(33)34-2)26-15-28-31/h3-13,15H,14H2,1-2H3,(H,29,32). The molecule has 0 fully saturated rings. The van der Waals surface area contributed by atoms with E-state index in [2.05, 4.69) is 20.5 Å². The molecule has 0 radical (unpaired) electrons. The predicted molar refractivity (Wildman–Crippen MR) is 123 cm³/mol. The van der Waals surface area contributed by atoms with Crippen LogP contribution in [0.25, 0.3) is 17.3 Å². The summed E-state index contributed by atoms with van der Waals surface area (Å²) in [6.45, 7) is 0.325. The zero-order valence-electron chi connectivity index (χ0n) is 18.5. The van der Waals surface area contributed by atoms with Gasteiger partial charge in [0.1, 0.15) is 12.1 Å². The van der Waals surface area contributed by atoms with Gasteiger partial charge >= 0.3 is 5.97 Å². The Morgan fingerprint density at radius 2 is 1.82 bits per heavy atom. The average Bonchev–Trinajstić information content (AvgIpc) is 3.45. The summed E-state index contributed by atoms with van der Waals surface area (Å²) in [5.41, 5.74) is 3.76. The highest BCUT2D eigenvalue weighted by atomic mass is 19.1. The van der Waals surface area contributed by atoms with E-state index in [1.54, 1.807) is 48.3 Å². The first-order valence-corrected chi connectivity index (χ1v) is 10.3. The summed E-state index contributed by atoms with van der Waals surface area (Å²) in [4.78, 5) is 28.1. The molecule has 1 amide bonds. The Balaban J connectivity index is 1.41. The summed E-state index contributed by atoms with van der Waals surface area (Å²) in [7, 11) is 3.07. The maximum Gasteiger partial charge on any atom is 0.375 e. The lowest BCUT2D eigenvalue weighted by Crippen LogP contribution is -2.14. The van der Waals surface area contributed by atoms with E-state index in [9.17, 15) is 14.0 Å². The van der Waals surface area contributed by atoms with E-state index in [0.717, 1.165) is 22.4 Å². The summed E-state index contributed by atoms with van der Waals surface area (Å²) >= 11 is 0. The molecule has 172 valence electrons. The largest absolute Gasteiger partial charge is 0.463 e. The molecule has 0 atom stereocenters. The number of aryl methyl sites for hydroxylation is 1. The second kappa shape index (κ2) is 9.90. The number of halogens is 1. The van der Waals surface area contributed by atoms with Gasteiger partial charge < -0.3 is 10.1 Å². The maximum atomic E-state index is 13.3. The van der Waals surface area contributed by atoms with Crippen LogP contribution in [0.15, 0.2) is 67.1 Å². The molecule has 10 heteroatoms. The monoisotopic (exact) mass is 460 g/mol. The molecule has 2 aromatic carbocycles. The lowest BCUT2D eigenvalue weighted by Gasteiger charge is -2.07. The minimum absolute atomic E-state index is 0.112. The number of esters is 1. The van der Waals surface area contributed by atoms with Gasteiger partial charge in [-0.25, -0.2) is 18.9 Å². The van der Waals surface area contributed by atoms with Crippen LogP contribution in [0.2, 0.25) is 0 Å². The number of amides is 1. The lowest BCUT2D eigenvalue weighted by molar-refractivity contribution is -0.111. The first-order valence-electron chi connectivity index (χ1n) is 10.3. The SMILES string of the molecule is COC(=O)c1ncnn1Cc1ccc(NC(=O)C=Cc2cnn(C)c2-c2ccc(F)cc2)cc1. The quantitative estimate of drug-likeness (QED) is 0.335. The maximum absolute atomic E-state index is 13.3. The molecule has 0 aliphatic carbocycles. The first kappa shape index (κ1) is 22.6. The molecular formula is C24H21FN6O3. The van der Waals surface area contributed by atoms with E-state index in [-0.39, 0.29) is 17.5 Å². The van der Waals surface area contributed by atoms with Gasteiger partial charge in [0.25, 0.3) is 0 Å². The Morgan fingerprint density at radius 1 is 1.09 bits per heavy atom. The molecule has 4 rings (SSSR count). The van der Waals surface area contributed by atoms with Crippen LogP contribution in [-0.4, -0.2) is 43.5 Å². The molecule has 0 unspecified atom stereocenters. The van der Waals surface area contributed by atoms with Crippen molar-refractivity contribution in [3.05, 3.63) is 89.9 Å². The molecule has 2 aromatic heterocycles. The number of benzene rings is 2. The Bertz CT molecular complexity index is 1340. The number of nitrogens with zero attached hydrogens (tertiary/aromatic N) is 5. The van der Waals surface area contributed by atoms with Crippen molar-refractivity contribution >= 4 is 23.6 Å². The summed E-state index contributed by atoms with van der Waals surface area (Å²) in [5.74, 6) is -1.09. The van der Waals surface area contributed by atoms with Gasteiger partial charge in [-0.3, -0.25) is 9.48 Å². The lowest BCUT2D eigenvalue weighted by atomic mass is 10.1. The molecule has 0 aliphatic rings. The molecule has 2 heterocycles. The number of ether oxygens (including phenoxy) is 1. The van der Waals surface area contributed by atoms with Crippen LogP contribution in [0.1, 0.15) is 21.7 Å². The zero-order valence-corrected chi connectivity index (χ0v) is 18.5. The van der Waals surface area contributed by atoms with Crippen LogP contribution in [0.4, 0.5) is 10.1 Å². The Morgan fingerprint density at radius 3 is 2.53 bits per heavy atom. The van der Waals surface area contributed by atoms with Crippen molar-refractivity contribution in [2.45, 2.75) is 6.54 Å². The van der Waals surface area contributed by atoms with Crippen molar-refractivity contribution in [3.63, 3.8) is 0 Å². The van der Waals surface area contributed by atoms with Crippen LogP contribution >= 0.6 is 0 Å². The summed E-state index contributed by atoms with van der Waals surface area (Å²) in [6.07, 6.45) is 6.01. The molecule has 4 aromatic rings. The second-order valence-electron chi connectivity index (χ2n) is 7.33. The van der Waals surface area contributed by atoms with Crippen molar-refractivity contribution in [2.24, 2.45) is 7.05 Å². The molecule has 0 saturated heterocycles. The molecule has 34 heavy (non-hydrogen) atoms. The highest BCUT2D eigenvalue weighted by Crippen LogP contribution is 2.24. The fourth-order valence-corrected chi connectivity index (χ4v) is 3.38. The van der Waals surface area contributed by atoms with Gasteiger partial charge in [0.15, 0.2) is 0 Å². The van der Waals surface area contributed by atoms with Crippen molar-refractivity contribution < 1.29 is 18.7 Å². The number of aromatic nitrogens is 5. The molecule has 9 nitrogen and oxygen atoms in total. The van der Waals surface area contributed by atoms with E-state index in [0.29, 0.717) is 12.2 Å². The number of carbonyl (C=O) groups is 2. The van der Waals surface area contributed by atoms with Crippen LogP contribution < -0.4 is 5.32 Å². The molecule has 0 saturated carbocycles. The van der Waals surface area contributed by atoms with Gasteiger partial charge in [0.2, 0.25) is 11.7 Å². The van der Waals surface area contributed by atoms with Gasteiger partial charge in [-0.2, -0.15) is 10.2 Å². The van der Waals surface area contributed by atoms with Crippen LogP contribution in [0, 0.1) is 5.82 Å². The molecule has 1 N–H and O–H groups in total. The van der Waals surface area contributed by atoms with E-state index in [4.69, 9.17) is 4.74 Å². The van der Waals surface area contributed by atoms with Crippen LogP contribution in [0.3, 0.4) is 0 Å². The predicted octanol–water partition coefficient (Wildman–Crippen LogP) is 3.30. The third kappa shape index (κ3) is 5.07. The summed E-state index contributed by atoms with van der Waals surface area (Å²) < 4.78 is 21.1. The minimum Gasteiger partial charge on any atom is -0.463 e. The highest BCUT2D eigenvalue weighted by molar-refractivity contribution is 6.02. The Hall–Kier alpha value is -4.60. The van der Waals surface area contributed by atoms with Gasteiger partial charge in [-0.15, -0.1) is 0 Å². The van der Waals surface area contributed by atoms with Gasteiger partial charge in [0, 0.05) is 29.9 Å². The summed E-state index contributed by atoms with van der Waals surface area (Å²) in [5, 5.41) is 11.1. The van der Waals surface area contributed by atoms with Crippen LogP contribution in [-0.2, 0) is 23.1 Å². The zero-order chi connectivity index (χ0) is 24.1. The molecule has 0 aliphatic heterocycles. The Labute approximate surface area is 194 Å². The number of nitrogens with one attached hydrogen (secondary N) is 1. The number of hydrogen-bond donors (Lipinski definition) is 1. The van der Waals surface area contributed by atoms with Gasteiger partial charge in [-0.05, 0) is 48.0 Å². The number of rotatable bonds is 7. The Kier molecular flexibility index (Phi) is 6.58. The number of hydrogen-bond acceptors (Lipinski definition) is 6. The fraction of sp³-hybridized carbons (Fsp3) is 0.125. The molecule has 0 spiro atoms. The minimum atomic E-state index is -0.565. The van der Waals surface area contributed by atoms with E-state index in [1.807, 2.05) is 12.1 Å². The normalized spacial score (nSPS) is 11.0. The molecular weight excluding hydrogens is 439 g/mol. The van der Waals surface area contributed by atoms with Crippen molar-refractivity contribution in [3.8, 4) is 11.3 Å². The average molecular weight is 460 g/mol. The van der Waals surface area contributed by atoms with Gasteiger partial charge in [-0.1, -0.05) is 12.1 Å².